The lowest BCUT2D eigenvalue weighted by molar-refractivity contribution is -0.163. The standard InChI is InChI=1S/C13H21F3N4/c1-9(2)7-20-12(17-8-18-20)6-10-4-3-5-11(19-10)13(14,15)16/h8-11,19H,3-7H2,1-2H3. The van der Waals surface area contributed by atoms with E-state index in [9.17, 15) is 13.2 Å². The molecule has 1 aromatic rings. The van der Waals surface area contributed by atoms with Gasteiger partial charge in [-0.15, -0.1) is 0 Å². The monoisotopic (exact) mass is 290 g/mol. The molecule has 4 nitrogen and oxygen atoms in total. The third kappa shape index (κ3) is 3.94. The van der Waals surface area contributed by atoms with Crippen LogP contribution in [0.1, 0.15) is 38.9 Å². The van der Waals surface area contributed by atoms with Gasteiger partial charge in [-0.3, -0.25) is 0 Å². The molecule has 2 unspecified atom stereocenters. The molecule has 0 aromatic carbocycles. The zero-order chi connectivity index (χ0) is 14.8. The van der Waals surface area contributed by atoms with Gasteiger partial charge < -0.3 is 5.32 Å². The van der Waals surface area contributed by atoms with E-state index in [1.54, 1.807) is 4.68 Å². The fraction of sp³-hybridized carbons (Fsp3) is 0.846. The lowest BCUT2D eigenvalue weighted by Crippen LogP contribution is -2.51. The van der Waals surface area contributed by atoms with Crippen LogP contribution < -0.4 is 5.32 Å². The summed E-state index contributed by atoms with van der Waals surface area (Å²) in [6.45, 7) is 4.89. The molecule has 7 heteroatoms. The van der Waals surface area contributed by atoms with Crippen molar-refractivity contribution in [1.82, 2.24) is 20.1 Å². The van der Waals surface area contributed by atoms with Gasteiger partial charge in [-0.2, -0.15) is 18.3 Å². The van der Waals surface area contributed by atoms with E-state index in [-0.39, 0.29) is 12.5 Å². The Labute approximate surface area is 116 Å². The van der Waals surface area contributed by atoms with Gasteiger partial charge in [0.25, 0.3) is 0 Å². The number of hydrogen-bond donors (Lipinski definition) is 1. The summed E-state index contributed by atoms with van der Waals surface area (Å²) in [7, 11) is 0. The lowest BCUT2D eigenvalue weighted by Gasteiger charge is -2.32. The molecule has 0 spiro atoms. The summed E-state index contributed by atoms with van der Waals surface area (Å²) in [5.74, 6) is 1.19. The zero-order valence-electron chi connectivity index (χ0n) is 11.8. The number of hydrogen-bond acceptors (Lipinski definition) is 3. The van der Waals surface area contributed by atoms with Gasteiger partial charge in [0.2, 0.25) is 0 Å². The minimum Gasteiger partial charge on any atom is -0.303 e. The third-order valence-corrected chi connectivity index (χ3v) is 3.54. The molecule has 2 heterocycles. The van der Waals surface area contributed by atoms with Crippen molar-refractivity contribution in [2.45, 2.75) is 64.3 Å². The first-order chi connectivity index (χ1) is 9.36. The summed E-state index contributed by atoms with van der Waals surface area (Å²) in [4.78, 5) is 4.18. The Kier molecular flexibility index (Phi) is 4.67. The maximum Gasteiger partial charge on any atom is 0.403 e. The highest BCUT2D eigenvalue weighted by Crippen LogP contribution is 2.28. The molecular formula is C13H21F3N4. The van der Waals surface area contributed by atoms with Gasteiger partial charge in [0, 0.05) is 19.0 Å². The number of halogens is 3. The summed E-state index contributed by atoms with van der Waals surface area (Å²) in [6, 6.07) is -1.56. The molecule has 2 atom stereocenters. The number of aromatic nitrogens is 3. The highest BCUT2D eigenvalue weighted by atomic mass is 19.4. The molecule has 1 aliphatic heterocycles. The van der Waals surface area contributed by atoms with E-state index >= 15 is 0 Å². The first-order valence-corrected chi connectivity index (χ1v) is 7.05. The van der Waals surface area contributed by atoms with Crippen LogP contribution in [0.25, 0.3) is 0 Å². The van der Waals surface area contributed by atoms with Crippen LogP contribution in [0.2, 0.25) is 0 Å². The van der Waals surface area contributed by atoms with Gasteiger partial charge in [-0.25, -0.2) is 9.67 Å². The second kappa shape index (κ2) is 6.11. The number of rotatable bonds is 4. The van der Waals surface area contributed by atoms with E-state index < -0.39 is 12.2 Å². The van der Waals surface area contributed by atoms with E-state index in [2.05, 4.69) is 29.2 Å². The van der Waals surface area contributed by atoms with Gasteiger partial charge in [-0.05, 0) is 25.2 Å². The topological polar surface area (TPSA) is 42.7 Å². The average molecular weight is 290 g/mol. The van der Waals surface area contributed by atoms with Crippen molar-refractivity contribution in [3.63, 3.8) is 0 Å². The summed E-state index contributed by atoms with van der Waals surface area (Å²) in [5.41, 5.74) is 0. The molecular weight excluding hydrogens is 269 g/mol. The largest absolute Gasteiger partial charge is 0.403 e. The minimum absolute atomic E-state index is 0.165. The van der Waals surface area contributed by atoms with E-state index in [0.29, 0.717) is 18.8 Å². The van der Waals surface area contributed by atoms with Crippen molar-refractivity contribution in [2.75, 3.05) is 0 Å². The minimum atomic E-state index is -4.16. The summed E-state index contributed by atoms with van der Waals surface area (Å²) < 4.78 is 40.0. The van der Waals surface area contributed by atoms with E-state index in [1.165, 1.54) is 6.33 Å². The van der Waals surface area contributed by atoms with Crippen molar-refractivity contribution in [2.24, 2.45) is 5.92 Å². The first-order valence-electron chi connectivity index (χ1n) is 7.05. The van der Waals surface area contributed by atoms with Crippen molar-refractivity contribution in [3.05, 3.63) is 12.2 Å². The van der Waals surface area contributed by atoms with E-state index in [0.717, 1.165) is 18.8 Å². The number of nitrogens with one attached hydrogen (secondary N) is 1. The molecule has 1 saturated heterocycles. The van der Waals surface area contributed by atoms with E-state index in [4.69, 9.17) is 0 Å². The Bertz CT molecular complexity index is 427. The Morgan fingerprint density at radius 2 is 2.15 bits per heavy atom. The van der Waals surface area contributed by atoms with Crippen LogP contribution in [0, 0.1) is 5.92 Å². The summed E-state index contributed by atoms with van der Waals surface area (Å²) in [6.07, 6.45) is -0.675. The zero-order valence-corrected chi connectivity index (χ0v) is 11.8. The maximum absolute atomic E-state index is 12.7. The molecule has 114 valence electrons. The van der Waals surface area contributed by atoms with Gasteiger partial charge in [0.1, 0.15) is 18.2 Å². The molecule has 2 rings (SSSR count). The molecule has 0 radical (unpaired) electrons. The number of nitrogens with zero attached hydrogens (tertiary/aromatic N) is 3. The van der Waals surface area contributed by atoms with Gasteiger partial charge in [-0.1, -0.05) is 13.8 Å². The van der Waals surface area contributed by atoms with Gasteiger partial charge in [0.05, 0.1) is 0 Å². The molecule has 0 amide bonds. The van der Waals surface area contributed by atoms with Crippen molar-refractivity contribution < 1.29 is 13.2 Å². The number of alkyl halides is 3. The van der Waals surface area contributed by atoms with Crippen molar-refractivity contribution in [1.29, 1.82) is 0 Å². The van der Waals surface area contributed by atoms with Crippen LogP contribution in [0.5, 0.6) is 0 Å². The predicted octanol–water partition coefficient (Wildman–Crippen LogP) is 2.55. The first kappa shape index (κ1) is 15.3. The summed E-state index contributed by atoms with van der Waals surface area (Å²) in [5, 5.41) is 6.85. The molecule has 1 aliphatic rings. The smallest absolute Gasteiger partial charge is 0.303 e. The highest BCUT2D eigenvalue weighted by molar-refractivity contribution is 4.94. The maximum atomic E-state index is 12.7. The van der Waals surface area contributed by atoms with Crippen LogP contribution in [0.15, 0.2) is 6.33 Å². The summed E-state index contributed by atoms with van der Waals surface area (Å²) >= 11 is 0. The Hall–Kier alpha value is -1.11. The number of piperidine rings is 1. The molecule has 0 bridgehead atoms. The van der Waals surface area contributed by atoms with Crippen molar-refractivity contribution in [3.8, 4) is 0 Å². The molecule has 0 aliphatic carbocycles. The Morgan fingerprint density at radius 1 is 1.40 bits per heavy atom. The normalized spacial score (nSPS) is 24.3. The van der Waals surface area contributed by atoms with Gasteiger partial charge >= 0.3 is 6.18 Å². The van der Waals surface area contributed by atoms with Crippen LogP contribution in [-0.4, -0.2) is 33.0 Å². The second-order valence-corrected chi connectivity index (χ2v) is 5.85. The SMILES string of the molecule is CC(C)Cn1ncnc1CC1CCCC(C(F)(F)F)N1. The average Bonchev–Trinajstić information content (AvgIpc) is 2.75. The van der Waals surface area contributed by atoms with Crippen LogP contribution in [0.4, 0.5) is 13.2 Å². The Morgan fingerprint density at radius 3 is 2.80 bits per heavy atom. The van der Waals surface area contributed by atoms with Gasteiger partial charge in [0.15, 0.2) is 0 Å². The second-order valence-electron chi connectivity index (χ2n) is 5.85. The Balaban J connectivity index is 1.98. The predicted molar refractivity (Wildman–Crippen MR) is 69.2 cm³/mol. The molecule has 1 fully saturated rings. The molecule has 0 saturated carbocycles. The van der Waals surface area contributed by atoms with Crippen LogP contribution in [-0.2, 0) is 13.0 Å². The van der Waals surface area contributed by atoms with E-state index in [1.807, 2.05) is 0 Å². The van der Waals surface area contributed by atoms with Crippen LogP contribution in [0.3, 0.4) is 0 Å². The van der Waals surface area contributed by atoms with Crippen molar-refractivity contribution >= 4 is 0 Å². The highest BCUT2D eigenvalue weighted by Gasteiger charge is 2.42. The molecule has 1 aromatic heterocycles. The fourth-order valence-electron chi connectivity index (χ4n) is 2.60. The molecule has 20 heavy (non-hydrogen) atoms. The fourth-order valence-corrected chi connectivity index (χ4v) is 2.60. The van der Waals surface area contributed by atoms with Crippen LogP contribution >= 0.6 is 0 Å². The molecule has 1 N–H and O–H groups in total. The third-order valence-electron chi connectivity index (χ3n) is 3.54. The quantitative estimate of drug-likeness (QED) is 0.926. The lowest BCUT2D eigenvalue weighted by atomic mass is 9.96.